The summed E-state index contributed by atoms with van der Waals surface area (Å²) >= 11 is 6.47. The molecule has 1 aliphatic heterocycles. The fraction of sp³-hybridized carbons (Fsp3) is 0.292. The van der Waals surface area contributed by atoms with Crippen LogP contribution in [-0.2, 0) is 0 Å². The summed E-state index contributed by atoms with van der Waals surface area (Å²) in [5.41, 5.74) is 3.43. The monoisotopic (exact) mass is 408 g/mol. The Bertz CT molecular complexity index is 1070. The second-order valence-electron chi connectivity index (χ2n) is 7.68. The highest BCUT2D eigenvalue weighted by Gasteiger charge is 2.20. The third kappa shape index (κ3) is 5.08. The topological polar surface area (TPSA) is 45.5 Å². The fourth-order valence-electron chi connectivity index (χ4n) is 3.84. The van der Waals surface area contributed by atoms with Crippen LogP contribution in [0.4, 0.5) is 5.69 Å². The van der Waals surface area contributed by atoms with Gasteiger partial charge in [0.05, 0.1) is 5.69 Å². The number of fused-ring (bicyclic) bond motifs is 1. The van der Waals surface area contributed by atoms with E-state index in [0.29, 0.717) is 11.6 Å². The van der Waals surface area contributed by atoms with Gasteiger partial charge in [-0.2, -0.15) is 0 Å². The number of nitrogens with one attached hydrogen (secondary N) is 1. The molecule has 150 valence electrons. The maximum atomic E-state index is 11.9. The molecule has 1 aromatic heterocycles. The highest BCUT2D eigenvalue weighted by Crippen LogP contribution is 2.25. The van der Waals surface area contributed by atoms with Gasteiger partial charge in [-0.3, -0.25) is 4.90 Å². The molecule has 1 aliphatic rings. The molecule has 1 saturated heterocycles. The Labute approximate surface area is 175 Å². The molecule has 0 unspecified atom stereocenters. The number of likely N-dealkylation sites (tertiary alicyclic amines) is 1. The van der Waals surface area contributed by atoms with E-state index in [1.54, 1.807) is 6.07 Å². The van der Waals surface area contributed by atoms with Crippen molar-refractivity contribution < 1.29 is 4.42 Å². The number of halogens is 1. The van der Waals surface area contributed by atoms with Crippen molar-refractivity contribution in [2.24, 2.45) is 0 Å². The van der Waals surface area contributed by atoms with Gasteiger partial charge in [0.15, 0.2) is 0 Å². The Kier molecular flexibility index (Phi) is 6.02. The second-order valence-corrected chi connectivity index (χ2v) is 8.16. The molecular weight excluding hydrogens is 384 g/mol. The third-order valence-electron chi connectivity index (χ3n) is 5.34. The molecule has 4 nitrogen and oxygen atoms in total. The van der Waals surface area contributed by atoms with E-state index in [4.69, 9.17) is 16.0 Å². The Morgan fingerprint density at radius 3 is 2.69 bits per heavy atom. The maximum absolute atomic E-state index is 11.9. The molecule has 0 spiro atoms. The van der Waals surface area contributed by atoms with Crippen molar-refractivity contribution in [3.63, 3.8) is 0 Å². The largest absolute Gasteiger partial charge is 0.423 e. The van der Waals surface area contributed by atoms with Gasteiger partial charge in [0.25, 0.3) is 0 Å². The molecule has 0 amide bonds. The van der Waals surface area contributed by atoms with E-state index in [0.717, 1.165) is 59.7 Å². The van der Waals surface area contributed by atoms with Crippen LogP contribution >= 0.6 is 11.6 Å². The van der Waals surface area contributed by atoms with Gasteiger partial charge in [0.1, 0.15) is 5.58 Å². The lowest BCUT2D eigenvalue weighted by Gasteiger charge is -2.32. The number of nitrogens with zero attached hydrogens (tertiary/aromatic N) is 1. The SMILES string of the molecule is Cc1ccc2oc(=O)cc(NC3CCN(CC(Cl)=Cc4ccccc4)CC3)c2c1. The molecule has 0 radical (unpaired) electrons. The summed E-state index contributed by atoms with van der Waals surface area (Å²) < 4.78 is 5.33. The quantitative estimate of drug-likeness (QED) is 0.585. The van der Waals surface area contributed by atoms with Crippen LogP contribution in [0, 0.1) is 6.92 Å². The first kappa shape index (κ1) is 19.7. The first-order valence-electron chi connectivity index (χ1n) is 10.0. The molecule has 2 heterocycles. The fourth-order valence-corrected chi connectivity index (χ4v) is 4.14. The van der Waals surface area contributed by atoms with Gasteiger partial charge in [-0.15, -0.1) is 0 Å². The lowest BCUT2D eigenvalue weighted by molar-refractivity contribution is 0.239. The normalized spacial score (nSPS) is 16.3. The second kappa shape index (κ2) is 8.85. The van der Waals surface area contributed by atoms with E-state index >= 15 is 0 Å². The van der Waals surface area contributed by atoms with Crippen molar-refractivity contribution in [2.75, 3.05) is 25.0 Å². The van der Waals surface area contributed by atoms with Gasteiger partial charge in [-0.1, -0.05) is 53.6 Å². The number of hydrogen-bond donors (Lipinski definition) is 1. The Morgan fingerprint density at radius 2 is 1.93 bits per heavy atom. The number of aryl methyl sites for hydroxylation is 1. The van der Waals surface area contributed by atoms with Crippen LogP contribution in [0.2, 0.25) is 0 Å². The van der Waals surface area contributed by atoms with E-state index in [2.05, 4.69) is 28.4 Å². The number of hydrogen-bond acceptors (Lipinski definition) is 4. The number of benzene rings is 2. The molecule has 1 fully saturated rings. The summed E-state index contributed by atoms with van der Waals surface area (Å²) in [6, 6.07) is 17.9. The molecule has 0 bridgehead atoms. The Morgan fingerprint density at radius 1 is 1.17 bits per heavy atom. The van der Waals surface area contributed by atoms with Gasteiger partial charge in [-0.25, -0.2) is 4.79 Å². The zero-order valence-electron chi connectivity index (χ0n) is 16.5. The standard InChI is InChI=1S/C24H25ClN2O2/c1-17-7-8-23-21(13-17)22(15-24(28)29-23)26-20-9-11-27(12-10-20)16-19(25)14-18-5-3-2-4-6-18/h2-8,13-15,20,26H,9-12,16H2,1H3. The highest BCUT2D eigenvalue weighted by molar-refractivity contribution is 6.31. The minimum atomic E-state index is -0.320. The molecule has 0 aliphatic carbocycles. The average Bonchev–Trinajstić information content (AvgIpc) is 2.70. The van der Waals surface area contributed by atoms with E-state index in [-0.39, 0.29) is 5.63 Å². The number of piperidine rings is 1. The van der Waals surface area contributed by atoms with E-state index in [9.17, 15) is 4.79 Å². The van der Waals surface area contributed by atoms with Crippen LogP contribution in [0.5, 0.6) is 0 Å². The molecule has 4 rings (SSSR count). The minimum absolute atomic E-state index is 0.320. The molecule has 3 aromatic rings. The van der Waals surface area contributed by atoms with Crippen LogP contribution in [0.3, 0.4) is 0 Å². The van der Waals surface area contributed by atoms with Crippen molar-refractivity contribution in [1.29, 1.82) is 0 Å². The summed E-state index contributed by atoms with van der Waals surface area (Å²) in [7, 11) is 0. The number of anilines is 1. The molecule has 1 N–H and O–H groups in total. The van der Waals surface area contributed by atoms with Gasteiger partial charge >= 0.3 is 5.63 Å². The van der Waals surface area contributed by atoms with E-state index in [1.165, 1.54) is 0 Å². The smallest absolute Gasteiger partial charge is 0.338 e. The summed E-state index contributed by atoms with van der Waals surface area (Å²) in [6.07, 6.45) is 4.04. The molecule has 29 heavy (non-hydrogen) atoms. The summed E-state index contributed by atoms with van der Waals surface area (Å²) in [5.74, 6) is 0. The van der Waals surface area contributed by atoms with Crippen molar-refractivity contribution in [3.8, 4) is 0 Å². The molecule has 2 aromatic carbocycles. The number of rotatable bonds is 5. The average molecular weight is 409 g/mol. The van der Waals surface area contributed by atoms with E-state index in [1.807, 2.05) is 43.3 Å². The zero-order valence-corrected chi connectivity index (χ0v) is 17.3. The predicted octanol–water partition coefficient (Wildman–Crippen LogP) is 5.26. The highest BCUT2D eigenvalue weighted by atomic mass is 35.5. The van der Waals surface area contributed by atoms with Crippen molar-refractivity contribution in [2.45, 2.75) is 25.8 Å². The third-order valence-corrected chi connectivity index (χ3v) is 5.57. The van der Waals surface area contributed by atoms with Crippen LogP contribution < -0.4 is 10.9 Å². The van der Waals surface area contributed by atoms with Crippen molar-refractivity contribution in [3.05, 3.63) is 81.2 Å². The van der Waals surface area contributed by atoms with Gasteiger partial charge in [-0.05, 0) is 43.5 Å². The summed E-state index contributed by atoms with van der Waals surface area (Å²) in [6.45, 7) is 4.74. The van der Waals surface area contributed by atoms with Crippen molar-refractivity contribution in [1.82, 2.24) is 4.90 Å². The maximum Gasteiger partial charge on any atom is 0.338 e. The summed E-state index contributed by atoms with van der Waals surface area (Å²) in [5, 5.41) is 5.38. The lowest BCUT2D eigenvalue weighted by atomic mass is 10.0. The van der Waals surface area contributed by atoms with Crippen LogP contribution in [-0.4, -0.2) is 30.6 Å². The van der Waals surface area contributed by atoms with Gasteiger partial charge < -0.3 is 9.73 Å². The van der Waals surface area contributed by atoms with Crippen LogP contribution in [0.15, 0.2) is 68.8 Å². The Balaban J connectivity index is 1.38. The summed E-state index contributed by atoms with van der Waals surface area (Å²) in [4.78, 5) is 14.3. The van der Waals surface area contributed by atoms with Gasteiger partial charge in [0, 0.05) is 42.2 Å². The van der Waals surface area contributed by atoms with E-state index < -0.39 is 0 Å². The van der Waals surface area contributed by atoms with Gasteiger partial charge in [0.2, 0.25) is 0 Å². The van der Waals surface area contributed by atoms with Crippen LogP contribution in [0.1, 0.15) is 24.0 Å². The Hall–Kier alpha value is -2.56. The van der Waals surface area contributed by atoms with Crippen molar-refractivity contribution >= 4 is 34.3 Å². The first-order valence-corrected chi connectivity index (χ1v) is 10.4. The molecule has 0 saturated carbocycles. The molecule has 0 atom stereocenters. The predicted molar refractivity (Wildman–Crippen MR) is 121 cm³/mol. The molecule has 5 heteroatoms. The first-order chi connectivity index (χ1) is 14.1. The zero-order chi connectivity index (χ0) is 20.2. The lowest BCUT2D eigenvalue weighted by Crippen LogP contribution is -2.39. The van der Waals surface area contributed by atoms with Crippen LogP contribution in [0.25, 0.3) is 17.0 Å². The minimum Gasteiger partial charge on any atom is -0.423 e. The molecular formula is C24H25ClN2O2.